The summed E-state index contributed by atoms with van der Waals surface area (Å²) < 4.78 is 8.83. The molecule has 138 valence electrons. The largest absolute Gasteiger partial charge is 0.379 e. The number of para-hydroxylation sites is 1. The van der Waals surface area contributed by atoms with Gasteiger partial charge < -0.3 is 19.2 Å². The van der Waals surface area contributed by atoms with Crippen LogP contribution in [-0.4, -0.2) is 34.3 Å². The molecule has 0 bridgehead atoms. The topological polar surface area (TPSA) is 65.3 Å². The van der Waals surface area contributed by atoms with Gasteiger partial charge in [-0.1, -0.05) is 18.2 Å². The number of carbonyl (C=O) groups is 1. The standard InChI is InChI=1S/C20H25N3O3/c1-13(2)26-11-7-10-21-19(24)15-12-22(3)20(25)18-17(15)14-8-5-6-9-16(14)23(18)4/h5-6,8-9,12-13H,7,10-11H2,1-4H3,(H,21,24). The summed E-state index contributed by atoms with van der Waals surface area (Å²) in [6, 6.07) is 7.76. The molecule has 26 heavy (non-hydrogen) atoms. The first-order valence-corrected chi connectivity index (χ1v) is 8.88. The van der Waals surface area contributed by atoms with E-state index in [4.69, 9.17) is 4.74 Å². The fourth-order valence-corrected chi connectivity index (χ4v) is 3.26. The first-order valence-electron chi connectivity index (χ1n) is 8.88. The van der Waals surface area contributed by atoms with Gasteiger partial charge in [-0.2, -0.15) is 0 Å². The predicted molar refractivity (Wildman–Crippen MR) is 104 cm³/mol. The first-order chi connectivity index (χ1) is 12.4. The van der Waals surface area contributed by atoms with E-state index in [-0.39, 0.29) is 17.6 Å². The van der Waals surface area contributed by atoms with Gasteiger partial charge in [-0.15, -0.1) is 0 Å². The van der Waals surface area contributed by atoms with Crippen molar-refractivity contribution < 1.29 is 9.53 Å². The number of carbonyl (C=O) groups excluding carboxylic acids is 1. The van der Waals surface area contributed by atoms with Gasteiger partial charge >= 0.3 is 0 Å². The zero-order chi connectivity index (χ0) is 18.8. The van der Waals surface area contributed by atoms with Gasteiger partial charge in [0.25, 0.3) is 11.5 Å². The fourth-order valence-electron chi connectivity index (χ4n) is 3.26. The average Bonchev–Trinajstić information content (AvgIpc) is 2.91. The van der Waals surface area contributed by atoms with Crippen LogP contribution in [0.3, 0.4) is 0 Å². The second kappa shape index (κ2) is 7.33. The molecule has 3 rings (SSSR count). The third-order valence-corrected chi connectivity index (χ3v) is 4.52. The number of fused-ring (bicyclic) bond motifs is 3. The Balaban J connectivity index is 1.98. The Morgan fingerprint density at radius 2 is 1.96 bits per heavy atom. The van der Waals surface area contributed by atoms with Crippen molar-refractivity contribution in [3.63, 3.8) is 0 Å². The lowest BCUT2D eigenvalue weighted by Crippen LogP contribution is -2.28. The number of hydrogen-bond acceptors (Lipinski definition) is 3. The van der Waals surface area contributed by atoms with Gasteiger partial charge in [-0.05, 0) is 26.3 Å². The molecule has 0 aliphatic heterocycles. The number of aromatic nitrogens is 2. The third kappa shape index (κ3) is 3.24. The molecule has 0 atom stereocenters. The number of hydrogen-bond donors (Lipinski definition) is 1. The smallest absolute Gasteiger partial charge is 0.274 e. The van der Waals surface area contributed by atoms with Crippen LogP contribution < -0.4 is 10.9 Å². The number of amides is 1. The summed E-state index contributed by atoms with van der Waals surface area (Å²) in [5.74, 6) is -0.175. The van der Waals surface area contributed by atoms with Crippen LogP contribution in [0.2, 0.25) is 0 Å². The van der Waals surface area contributed by atoms with E-state index in [1.165, 1.54) is 4.57 Å². The van der Waals surface area contributed by atoms with Crippen molar-refractivity contribution in [2.24, 2.45) is 14.1 Å². The Labute approximate surface area is 152 Å². The van der Waals surface area contributed by atoms with E-state index in [0.717, 1.165) is 17.3 Å². The minimum absolute atomic E-state index is 0.111. The molecule has 0 aliphatic carbocycles. The molecule has 0 aliphatic rings. The van der Waals surface area contributed by atoms with E-state index in [2.05, 4.69) is 5.32 Å². The van der Waals surface area contributed by atoms with E-state index in [1.807, 2.05) is 49.7 Å². The van der Waals surface area contributed by atoms with E-state index in [1.54, 1.807) is 13.2 Å². The van der Waals surface area contributed by atoms with Crippen LogP contribution in [0.15, 0.2) is 35.3 Å². The van der Waals surface area contributed by atoms with Crippen LogP contribution in [0.1, 0.15) is 30.6 Å². The number of benzene rings is 1. The molecule has 0 saturated carbocycles. The highest BCUT2D eigenvalue weighted by atomic mass is 16.5. The minimum Gasteiger partial charge on any atom is -0.379 e. The molecule has 2 heterocycles. The predicted octanol–water partition coefficient (Wildman–Crippen LogP) is 2.58. The van der Waals surface area contributed by atoms with Crippen LogP contribution in [0.25, 0.3) is 21.8 Å². The second-order valence-corrected chi connectivity index (χ2v) is 6.79. The molecule has 2 aromatic heterocycles. The second-order valence-electron chi connectivity index (χ2n) is 6.79. The maximum absolute atomic E-state index is 12.8. The SMILES string of the molecule is CC(C)OCCCNC(=O)c1cn(C)c(=O)c2c1c1ccccc1n2C. The summed E-state index contributed by atoms with van der Waals surface area (Å²) in [5, 5.41) is 4.57. The Bertz CT molecular complexity index is 1010. The van der Waals surface area contributed by atoms with Crippen LogP contribution >= 0.6 is 0 Å². The Morgan fingerprint density at radius 3 is 2.69 bits per heavy atom. The maximum Gasteiger partial charge on any atom is 0.274 e. The van der Waals surface area contributed by atoms with E-state index in [9.17, 15) is 9.59 Å². The number of rotatable bonds is 6. The zero-order valence-corrected chi connectivity index (χ0v) is 15.7. The summed E-state index contributed by atoms with van der Waals surface area (Å²) in [6.07, 6.45) is 2.55. The monoisotopic (exact) mass is 355 g/mol. The van der Waals surface area contributed by atoms with Gasteiger partial charge in [-0.25, -0.2) is 0 Å². The molecule has 0 unspecified atom stereocenters. The van der Waals surface area contributed by atoms with Gasteiger partial charge in [0.2, 0.25) is 0 Å². The Hall–Kier alpha value is -2.60. The molecule has 1 aromatic carbocycles. The van der Waals surface area contributed by atoms with Crippen molar-refractivity contribution in [1.29, 1.82) is 0 Å². The van der Waals surface area contributed by atoms with Crippen molar-refractivity contribution in [2.45, 2.75) is 26.4 Å². The highest BCUT2D eigenvalue weighted by Gasteiger charge is 2.20. The van der Waals surface area contributed by atoms with Gasteiger partial charge in [0.1, 0.15) is 5.52 Å². The fraction of sp³-hybridized carbons (Fsp3) is 0.400. The van der Waals surface area contributed by atoms with E-state index < -0.39 is 0 Å². The van der Waals surface area contributed by atoms with Crippen LogP contribution in [-0.2, 0) is 18.8 Å². The molecule has 6 heteroatoms. The molecule has 6 nitrogen and oxygen atoms in total. The van der Waals surface area contributed by atoms with Crippen LogP contribution in [0.5, 0.6) is 0 Å². The lowest BCUT2D eigenvalue weighted by atomic mass is 10.1. The summed E-state index contributed by atoms with van der Waals surface area (Å²) in [4.78, 5) is 25.4. The van der Waals surface area contributed by atoms with Crippen molar-refractivity contribution in [2.75, 3.05) is 13.2 Å². The molecular weight excluding hydrogens is 330 g/mol. The van der Waals surface area contributed by atoms with Gasteiger partial charge in [0, 0.05) is 49.7 Å². The summed E-state index contributed by atoms with van der Waals surface area (Å²) in [6.45, 7) is 5.11. The zero-order valence-electron chi connectivity index (χ0n) is 15.7. The van der Waals surface area contributed by atoms with Crippen molar-refractivity contribution in [3.8, 4) is 0 Å². The molecule has 0 saturated heterocycles. The third-order valence-electron chi connectivity index (χ3n) is 4.52. The molecule has 0 fully saturated rings. The molecule has 0 spiro atoms. The van der Waals surface area contributed by atoms with Gasteiger partial charge in [0.05, 0.1) is 11.7 Å². The normalized spacial score (nSPS) is 11.6. The van der Waals surface area contributed by atoms with E-state index in [0.29, 0.717) is 29.6 Å². The Morgan fingerprint density at radius 1 is 1.23 bits per heavy atom. The van der Waals surface area contributed by atoms with Crippen molar-refractivity contribution in [3.05, 3.63) is 46.4 Å². The summed E-state index contributed by atoms with van der Waals surface area (Å²) in [7, 11) is 3.53. The number of nitrogens with one attached hydrogen (secondary N) is 1. The lowest BCUT2D eigenvalue weighted by molar-refractivity contribution is 0.0757. The minimum atomic E-state index is -0.175. The molecule has 0 radical (unpaired) electrons. The average molecular weight is 355 g/mol. The number of pyridine rings is 1. The number of nitrogens with zero attached hydrogens (tertiary/aromatic N) is 2. The maximum atomic E-state index is 12.8. The highest BCUT2D eigenvalue weighted by Crippen LogP contribution is 2.28. The molecule has 3 aromatic rings. The molecule has 1 N–H and O–H groups in total. The van der Waals surface area contributed by atoms with Crippen LogP contribution in [0.4, 0.5) is 0 Å². The number of aryl methyl sites for hydroxylation is 2. The van der Waals surface area contributed by atoms with Crippen molar-refractivity contribution >= 4 is 27.7 Å². The quantitative estimate of drug-likeness (QED) is 0.691. The van der Waals surface area contributed by atoms with Crippen LogP contribution in [0, 0.1) is 0 Å². The number of ether oxygens (including phenoxy) is 1. The molecular formula is C20H25N3O3. The van der Waals surface area contributed by atoms with Gasteiger partial charge in [-0.3, -0.25) is 9.59 Å². The van der Waals surface area contributed by atoms with Gasteiger partial charge in [0.15, 0.2) is 0 Å². The summed E-state index contributed by atoms with van der Waals surface area (Å²) >= 11 is 0. The van der Waals surface area contributed by atoms with E-state index >= 15 is 0 Å². The lowest BCUT2D eigenvalue weighted by Gasteiger charge is -2.10. The van der Waals surface area contributed by atoms with Crippen molar-refractivity contribution in [1.82, 2.24) is 14.5 Å². The highest BCUT2D eigenvalue weighted by molar-refractivity contribution is 6.17. The molecule has 1 amide bonds. The summed E-state index contributed by atoms with van der Waals surface area (Å²) in [5.41, 5.74) is 1.89. The Kier molecular flexibility index (Phi) is 5.13. The first kappa shape index (κ1) is 18.2.